The van der Waals surface area contributed by atoms with Crippen LogP contribution >= 0.6 is 0 Å². The number of nitriles is 1. The molecule has 1 aromatic carbocycles. The Morgan fingerprint density at radius 1 is 1.44 bits per heavy atom. The number of rotatable bonds is 3. The third-order valence-electron chi connectivity index (χ3n) is 3.66. The van der Waals surface area contributed by atoms with Gasteiger partial charge in [-0.15, -0.1) is 0 Å². The molecule has 1 atom stereocenters. The van der Waals surface area contributed by atoms with Crippen LogP contribution in [0.15, 0.2) is 18.2 Å². The first kappa shape index (κ1) is 11.2. The van der Waals surface area contributed by atoms with Crippen molar-refractivity contribution in [2.24, 2.45) is 0 Å². The van der Waals surface area contributed by atoms with E-state index in [1.807, 2.05) is 0 Å². The largest absolute Gasteiger partial charge is 0.198 e. The van der Waals surface area contributed by atoms with Gasteiger partial charge >= 0.3 is 0 Å². The number of aryl methyl sites for hydroxylation is 2. The maximum absolute atomic E-state index is 8.70. The van der Waals surface area contributed by atoms with E-state index in [0.717, 1.165) is 12.8 Å². The molecule has 84 valence electrons. The zero-order chi connectivity index (χ0) is 11.4. The Kier molecular flexibility index (Phi) is 3.62. The van der Waals surface area contributed by atoms with Crippen molar-refractivity contribution in [1.29, 1.82) is 5.26 Å². The highest BCUT2D eigenvalue weighted by Gasteiger charge is 2.19. The predicted octanol–water partition coefficient (Wildman–Crippen LogP) is 3.97. The van der Waals surface area contributed by atoms with Crippen molar-refractivity contribution in [1.82, 2.24) is 0 Å². The number of hydrogen-bond acceptors (Lipinski definition) is 1. The van der Waals surface area contributed by atoms with Gasteiger partial charge in [-0.3, -0.25) is 0 Å². The highest BCUT2D eigenvalue weighted by molar-refractivity contribution is 5.36. The molecule has 1 aliphatic rings. The SMILES string of the molecule is CCc1ccc2c(c1)C(CCC#N)CCC2. The summed E-state index contributed by atoms with van der Waals surface area (Å²) < 4.78 is 0. The lowest BCUT2D eigenvalue weighted by atomic mass is 9.79. The van der Waals surface area contributed by atoms with Crippen LogP contribution in [0.2, 0.25) is 0 Å². The Balaban J connectivity index is 2.25. The van der Waals surface area contributed by atoms with Gasteiger partial charge in [0.1, 0.15) is 0 Å². The third-order valence-corrected chi connectivity index (χ3v) is 3.66. The smallest absolute Gasteiger partial charge is 0.0621 e. The summed E-state index contributed by atoms with van der Waals surface area (Å²) in [6, 6.07) is 9.20. The predicted molar refractivity (Wildman–Crippen MR) is 66.3 cm³/mol. The molecule has 0 spiro atoms. The zero-order valence-electron chi connectivity index (χ0n) is 10.00. The maximum Gasteiger partial charge on any atom is 0.0621 e. The molecule has 0 heterocycles. The molecule has 0 fully saturated rings. The summed E-state index contributed by atoms with van der Waals surface area (Å²) in [5, 5.41) is 8.70. The standard InChI is InChI=1S/C15H19N/c1-2-12-8-9-14-6-3-5-13(7-4-10-16)15(14)11-12/h8-9,11,13H,2-7H2,1H3. The van der Waals surface area contributed by atoms with Gasteiger partial charge in [-0.2, -0.15) is 5.26 Å². The molecule has 1 heteroatoms. The van der Waals surface area contributed by atoms with E-state index in [1.54, 1.807) is 0 Å². The van der Waals surface area contributed by atoms with Crippen molar-refractivity contribution in [2.45, 2.75) is 51.4 Å². The van der Waals surface area contributed by atoms with Gasteiger partial charge in [-0.25, -0.2) is 0 Å². The van der Waals surface area contributed by atoms with Crippen LogP contribution in [0.25, 0.3) is 0 Å². The van der Waals surface area contributed by atoms with Crippen LogP contribution in [0.4, 0.5) is 0 Å². The van der Waals surface area contributed by atoms with Crippen LogP contribution in [0.1, 0.15) is 55.2 Å². The summed E-state index contributed by atoms with van der Waals surface area (Å²) in [6.45, 7) is 2.20. The topological polar surface area (TPSA) is 23.8 Å². The van der Waals surface area contributed by atoms with E-state index >= 15 is 0 Å². The van der Waals surface area contributed by atoms with Crippen LogP contribution < -0.4 is 0 Å². The third kappa shape index (κ3) is 2.27. The van der Waals surface area contributed by atoms with Crippen LogP contribution in [0.3, 0.4) is 0 Å². The molecule has 1 unspecified atom stereocenters. The molecule has 1 nitrogen and oxygen atoms in total. The molecular weight excluding hydrogens is 194 g/mol. The van der Waals surface area contributed by atoms with E-state index in [4.69, 9.17) is 5.26 Å². The average Bonchev–Trinajstić information content (AvgIpc) is 2.35. The van der Waals surface area contributed by atoms with Gasteiger partial charge < -0.3 is 0 Å². The van der Waals surface area contributed by atoms with Crippen molar-refractivity contribution in [2.75, 3.05) is 0 Å². The lowest BCUT2D eigenvalue weighted by Crippen LogP contribution is -2.10. The van der Waals surface area contributed by atoms with E-state index in [1.165, 1.54) is 36.0 Å². The minimum Gasteiger partial charge on any atom is -0.198 e. The van der Waals surface area contributed by atoms with Gasteiger partial charge in [-0.05, 0) is 54.7 Å². The van der Waals surface area contributed by atoms with Gasteiger partial charge in [0.2, 0.25) is 0 Å². The van der Waals surface area contributed by atoms with Crippen molar-refractivity contribution in [3.8, 4) is 6.07 Å². The lowest BCUT2D eigenvalue weighted by molar-refractivity contribution is 0.525. The second-order valence-corrected chi connectivity index (χ2v) is 4.67. The second kappa shape index (κ2) is 5.16. The molecule has 0 bridgehead atoms. The molecule has 0 aliphatic heterocycles. The fourth-order valence-electron chi connectivity index (χ4n) is 2.71. The first-order valence-corrected chi connectivity index (χ1v) is 6.33. The Morgan fingerprint density at radius 2 is 2.31 bits per heavy atom. The molecule has 2 rings (SSSR count). The first-order valence-electron chi connectivity index (χ1n) is 6.33. The summed E-state index contributed by atoms with van der Waals surface area (Å²) in [4.78, 5) is 0. The molecule has 1 aliphatic carbocycles. The fourth-order valence-corrected chi connectivity index (χ4v) is 2.71. The molecule has 0 amide bonds. The quantitative estimate of drug-likeness (QED) is 0.745. The van der Waals surface area contributed by atoms with Crippen molar-refractivity contribution in [3.63, 3.8) is 0 Å². The zero-order valence-corrected chi connectivity index (χ0v) is 10.00. The Labute approximate surface area is 98.1 Å². The molecule has 0 N–H and O–H groups in total. The normalized spacial score (nSPS) is 18.9. The van der Waals surface area contributed by atoms with Crippen LogP contribution in [0, 0.1) is 11.3 Å². The summed E-state index contributed by atoms with van der Waals surface area (Å²) in [6.07, 6.45) is 6.62. The Hall–Kier alpha value is -1.29. The minimum absolute atomic E-state index is 0.634. The molecule has 0 saturated carbocycles. The van der Waals surface area contributed by atoms with E-state index < -0.39 is 0 Å². The van der Waals surface area contributed by atoms with E-state index in [-0.39, 0.29) is 0 Å². The van der Waals surface area contributed by atoms with Gasteiger partial charge in [0, 0.05) is 6.42 Å². The minimum atomic E-state index is 0.634. The molecule has 0 radical (unpaired) electrons. The van der Waals surface area contributed by atoms with Gasteiger partial charge in [-0.1, -0.05) is 25.1 Å². The number of fused-ring (bicyclic) bond motifs is 1. The van der Waals surface area contributed by atoms with Gasteiger partial charge in [0.15, 0.2) is 0 Å². The van der Waals surface area contributed by atoms with Crippen LogP contribution in [0.5, 0.6) is 0 Å². The van der Waals surface area contributed by atoms with E-state index in [9.17, 15) is 0 Å². The Morgan fingerprint density at radius 3 is 3.06 bits per heavy atom. The van der Waals surface area contributed by atoms with Crippen molar-refractivity contribution >= 4 is 0 Å². The second-order valence-electron chi connectivity index (χ2n) is 4.67. The summed E-state index contributed by atoms with van der Waals surface area (Å²) >= 11 is 0. The molecule has 0 saturated heterocycles. The van der Waals surface area contributed by atoms with E-state index in [2.05, 4.69) is 31.2 Å². The average molecular weight is 213 g/mol. The number of benzene rings is 1. The monoisotopic (exact) mass is 213 g/mol. The highest BCUT2D eigenvalue weighted by atomic mass is 14.3. The molecular formula is C15H19N. The maximum atomic E-state index is 8.70. The van der Waals surface area contributed by atoms with Gasteiger partial charge in [0.25, 0.3) is 0 Å². The highest BCUT2D eigenvalue weighted by Crippen LogP contribution is 2.35. The van der Waals surface area contributed by atoms with Crippen LogP contribution in [-0.4, -0.2) is 0 Å². The molecule has 1 aromatic rings. The number of hydrogen-bond donors (Lipinski definition) is 0. The molecule has 0 aromatic heterocycles. The number of nitrogens with zero attached hydrogens (tertiary/aromatic N) is 1. The van der Waals surface area contributed by atoms with Crippen molar-refractivity contribution < 1.29 is 0 Å². The molecule has 16 heavy (non-hydrogen) atoms. The Bertz CT molecular complexity index is 400. The van der Waals surface area contributed by atoms with Gasteiger partial charge in [0.05, 0.1) is 6.07 Å². The summed E-state index contributed by atoms with van der Waals surface area (Å²) in [5.41, 5.74) is 4.48. The van der Waals surface area contributed by atoms with E-state index in [0.29, 0.717) is 12.3 Å². The lowest BCUT2D eigenvalue weighted by Gasteiger charge is -2.25. The van der Waals surface area contributed by atoms with Crippen LogP contribution in [-0.2, 0) is 12.8 Å². The first-order chi connectivity index (χ1) is 7.85. The fraction of sp³-hybridized carbons (Fsp3) is 0.533. The summed E-state index contributed by atoms with van der Waals surface area (Å²) in [7, 11) is 0. The van der Waals surface area contributed by atoms with Crippen molar-refractivity contribution in [3.05, 3.63) is 34.9 Å². The summed E-state index contributed by atoms with van der Waals surface area (Å²) in [5.74, 6) is 0.634.